The highest BCUT2D eigenvalue weighted by Crippen LogP contribution is 2.26. The number of fused-ring (bicyclic) bond motifs is 1. The van der Waals surface area contributed by atoms with E-state index in [1.54, 1.807) is 0 Å². The molecule has 0 atom stereocenters. The van der Waals surface area contributed by atoms with E-state index in [1.807, 2.05) is 6.92 Å². The van der Waals surface area contributed by atoms with E-state index in [9.17, 15) is 0 Å². The topological polar surface area (TPSA) is 40.2 Å². The van der Waals surface area contributed by atoms with Gasteiger partial charge in [0, 0.05) is 36.3 Å². The lowest BCUT2D eigenvalue weighted by Crippen LogP contribution is -2.07. The maximum atomic E-state index is 5.71. The Kier molecular flexibility index (Phi) is 4.04. The molecule has 2 aromatic rings. The maximum absolute atomic E-state index is 5.71. The third-order valence-electron chi connectivity index (χ3n) is 3.60. The van der Waals surface area contributed by atoms with Crippen molar-refractivity contribution in [3.63, 3.8) is 0 Å². The van der Waals surface area contributed by atoms with Crippen molar-refractivity contribution in [2.45, 2.75) is 33.9 Å². The van der Waals surface area contributed by atoms with Crippen LogP contribution < -0.4 is 5.73 Å². The van der Waals surface area contributed by atoms with Crippen LogP contribution in [0.25, 0.3) is 10.9 Å². The summed E-state index contributed by atoms with van der Waals surface area (Å²) in [6.45, 7) is 9.41. The van der Waals surface area contributed by atoms with Gasteiger partial charge in [-0.2, -0.15) is 0 Å². The van der Waals surface area contributed by atoms with Gasteiger partial charge in [0.1, 0.15) is 0 Å². The Morgan fingerprint density at radius 1 is 1.28 bits per heavy atom. The van der Waals surface area contributed by atoms with E-state index in [0.29, 0.717) is 6.54 Å². The second-order valence-electron chi connectivity index (χ2n) is 4.61. The van der Waals surface area contributed by atoms with Crippen LogP contribution >= 0.6 is 0 Å². The smallest absolute Gasteiger partial charge is 0.0645 e. The highest BCUT2D eigenvalue weighted by Gasteiger charge is 2.10. The second kappa shape index (κ2) is 5.55. The Balaban J connectivity index is 2.43. The van der Waals surface area contributed by atoms with Crippen molar-refractivity contribution < 1.29 is 4.74 Å². The quantitative estimate of drug-likeness (QED) is 0.824. The number of benzene rings is 1. The van der Waals surface area contributed by atoms with Gasteiger partial charge in [0.15, 0.2) is 0 Å². The van der Waals surface area contributed by atoms with Crippen molar-refractivity contribution >= 4 is 10.9 Å². The van der Waals surface area contributed by atoms with Crippen molar-refractivity contribution in [2.24, 2.45) is 5.73 Å². The molecule has 98 valence electrons. The molecule has 1 aromatic heterocycles. The molecule has 0 spiro atoms. The standard InChI is InChI=1S/C15H22N2O/c1-4-18-8-7-17-12(3)11(2)14-9-13(10-16)5-6-15(14)17/h5-6,9H,4,7-8,10,16H2,1-3H3. The van der Waals surface area contributed by atoms with Crippen LogP contribution in [0.2, 0.25) is 0 Å². The number of hydrogen-bond acceptors (Lipinski definition) is 2. The van der Waals surface area contributed by atoms with Gasteiger partial charge in [0.2, 0.25) is 0 Å². The Labute approximate surface area is 109 Å². The summed E-state index contributed by atoms with van der Waals surface area (Å²) in [5, 5.41) is 1.31. The SMILES string of the molecule is CCOCCn1c(C)c(C)c2cc(CN)ccc21. The van der Waals surface area contributed by atoms with Crippen LogP contribution in [0.15, 0.2) is 18.2 Å². The molecule has 1 heterocycles. The minimum Gasteiger partial charge on any atom is -0.380 e. The minimum absolute atomic E-state index is 0.596. The summed E-state index contributed by atoms with van der Waals surface area (Å²) in [7, 11) is 0. The molecule has 18 heavy (non-hydrogen) atoms. The molecule has 3 nitrogen and oxygen atoms in total. The molecule has 0 radical (unpaired) electrons. The van der Waals surface area contributed by atoms with Crippen LogP contribution in [0, 0.1) is 13.8 Å². The molecule has 2 rings (SSSR count). The number of nitrogens with zero attached hydrogens (tertiary/aromatic N) is 1. The normalized spacial score (nSPS) is 11.3. The Morgan fingerprint density at radius 3 is 2.72 bits per heavy atom. The summed E-state index contributed by atoms with van der Waals surface area (Å²) in [6.07, 6.45) is 0. The van der Waals surface area contributed by atoms with Crippen LogP contribution in [-0.2, 0) is 17.8 Å². The van der Waals surface area contributed by atoms with Gasteiger partial charge in [0.05, 0.1) is 6.61 Å². The van der Waals surface area contributed by atoms with Crippen LogP contribution in [0.4, 0.5) is 0 Å². The van der Waals surface area contributed by atoms with Crippen molar-refractivity contribution in [3.8, 4) is 0 Å². The number of ether oxygens (including phenoxy) is 1. The zero-order chi connectivity index (χ0) is 13.1. The molecule has 2 N–H and O–H groups in total. The first-order valence-electron chi connectivity index (χ1n) is 6.55. The molecule has 1 aromatic carbocycles. The molecule has 0 aliphatic carbocycles. The highest BCUT2D eigenvalue weighted by molar-refractivity contribution is 5.86. The average molecular weight is 246 g/mol. The molecule has 0 saturated carbocycles. The van der Waals surface area contributed by atoms with Crippen molar-refractivity contribution in [1.29, 1.82) is 0 Å². The van der Waals surface area contributed by atoms with Gasteiger partial charge in [-0.25, -0.2) is 0 Å². The largest absolute Gasteiger partial charge is 0.380 e. The summed E-state index contributed by atoms with van der Waals surface area (Å²) in [5.41, 5.74) is 10.8. The maximum Gasteiger partial charge on any atom is 0.0645 e. The zero-order valence-electron chi connectivity index (χ0n) is 11.5. The van der Waals surface area contributed by atoms with Gasteiger partial charge in [0.25, 0.3) is 0 Å². The third kappa shape index (κ3) is 2.28. The summed E-state index contributed by atoms with van der Waals surface area (Å²) in [4.78, 5) is 0. The first-order chi connectivity index (χ1) is 8.69. The predicted molar refractivity (Wildman–Crippen MR) is 75.8 cm³/mol. The first kappa shape index (κ1) is 13.1. The number of aromatic nitrogens is 1. The lowest BCUT2D eigenvalue weighted by Gasteiger charge is -2.08. The first-order valence-corrected chi connectivity index (χ1v) is 6.55. The summed E-state index contributed by atoms with van der Waals surface area (Å²) < 4.78 is 7.79. The second-order valence-corrected chi connectivity index (χ2v) is 4.61. The fourth-order valence-corrected chi connectivity index (χ4v) is 2.41. The van der Waals surface area contributed by atoms with E-state index < -0.39 is 0 Å². The number of hydrogen-bond donors (Lipinski definition) is 1. The molecule has 3 heteroatoms. The van der Waals surface area contributed by atoms with E-state index >= 15 is 0 Å². The van der Waals surface area contributed by atoms with Gasteiger partial charge < -0.3 is 15.0 Å². The van der Waals surface area contributed by atoms with Gasteiger partial charge in [-0.3, -0.25) is 0 Å². The molecule has 0 saturated heterocycles. The Bertz CT molecular complexity index is 543. The highest BCUT2D eigenvalue weighted by atomic mass is 16.5. The predicted octanol–water partition coefficient (Wildman–Crippen LogP) is 2.75. The third-order valence-corrected chi connectivity index (χ3v) is 3.60. The zero-order valence-corrected chi connectivity index (χ0v) is 11.5. The fraction of sp³-hybridized carbons (Fsp3) is 0.467. The van der Waals surface area contributed by atoms with E-state index in [2.05, 4.69) is 36.6 Å². The minimum atomic E-state index is 0.596. The van der Waals surface area contributed by atoms with E-state index in [0.717, 1.165) is 19.8 Å². The fourth-order valence-electron chi connectivity index (χ4n) is 2.41. The molecule has 0 aliphatic heterocycles. The van der Waals surface area contributed by atoms with Crippen molar-refractivity contribution in [2.75, 3.05) is 13.2 Å². The van der Waals surface area contributed by atoms with Gasteiger partial charge in [-0.15, -0.1) is 0 Å². The summed E-state index contributed by atoms with van der Waals surface area (Å²) in [5.74, 6) is 0. The lowest BCUT2D eigenvalue weighted by molar-refractivity contribution is 0.139. The number of nitrogens with two attached hydrogens (primary N) is 1. The molecule has 0 aliphatic rings. The van der Waals surface area contributed by atoms with Crippen molar-refractivity contribution in [1.82, 2.24) is 4.57 Å². The molecule has 0 fully saturated rings. The Hall–Kier alpha value is -1.32. The van der Waals surface area contributed by atoms with E-state index in [1.165, 1.54) is 27.7 Å². The lowest BCUT2D eigenvalue weighted by atomic mass is 10.1. The van der Waals surface area contributed by atoms with Gasteiger partial charge in [-0.05, 0) is 44.0 Å². The van der Waals surface area contributed by atoms with Gasteiger partial charge in [-0.1, -0.05) is 6.07 Å². The van der Waals surface area contributed by atoms with Crippen molar-refractivity contribution in [3.05, 3.63) is 35.0 Å². The molecule has 0 unspecified atom stereocenters. The molecular weight excluding hydrogens is 224 g/mol. The molecule has 0 amide bonds. The summed E-state index contributed by atoms with van der Waals surface area (Å²) in [6, 6.07) is 6.48. The molecule has 0 bridgehead atoms. The number of rotatable bonds is 5. The van der Waals surface area contributed by atoms with Gasteiger partial charge >= 0.3 is 0 Å². The van der Waals surface area contributed by atoms with Crippen LogP contribution in [0.1, 0.15) is 23.7 Å². The van der Waals surface area contributed by atoms with Crippen LogP contribution in [-0.4, -0.2) is 17.8 Å². The summed E-state index contributed by atoms with van der Waals surface area (Å²) >= 11 is 0. The monoisotopic (exact) mass is 246 g/mol. The number of aryl methyl sites for hydroxylation is 1. The molecular formula is C15H22N2O. The van der Waals surface area contributed by atoms with Crippen LogP contribution in [0.5, 0.6) is 0 Å². The average Bonchev–Trinajstić information content (AvgIpc) is 2.63. The Morgan fingerprint density at radius 2 is 2.06 bits per heavy atom. The van der Waals surface area contributed by atoms with E-state index in [-0.39, 0.29) is 0 Å². The van der Waals surface area contributed by atoms with Crippen LogP contribution in [0.3, 0.4) is 0 Å². The van der Waals surface area contributed by atoms with E-state index in [4.69, 9.17) is 10.5 Å².